The van der Waals surface area contributed by atoms with Crippen LogP contribution in [-0.2, 0) is 25.6 Å². The van der Waals surface area contributed by atoms with E-state index >= 15 is 0 Å². The molecule has 0 saturated carbocycles. The first-order valence-corrected chi connectivity index (χ1v) is 9.84. The Morgan fingerprint density at radius 1 is 1.11 bits per heavy atom. The number of hydrogen-bond acceptors (Lipinski definition) is 6. The van der Waals surface area contributed by atoms with Crippen LogP contribution in [0.25, 0.3) is 0 Å². The third kappa shape index (κ3) is 9.93. The molecular weight excluding hydrogens is 386 g/mol. The average Bonchev–Trinajstić information content (AvgIpc) is 2.67. The lowest BCUT2D eigenvalue weighted by molar-refractivity contribution is -0.139. The highest BCUT2D eigenvalue weighted by atomic mass is 32.2. The monoisotopic (exact) mass is 411 g/mol. The molecule has 0 fully saturated rings. The number of rotatable bonds is 13. The molecule has 0 radical (unpaired) electrons. The molecule has 10 heteroatoms. The first-order chi connectivity index (χ1) is 13.3. The van der Waals surface area contributed by atoms with Gasteiger partial charge in [0.05, 0.1) is 0 Å². The largest absolute Gasteiger partial charge is 0.480 e. The number of aliphatic carboxylic acids is 2. The van der Waals surface area contributed by atoms with Gasteiger partial charge >= 0.3 is 11.9 Å². The Bertz CT molecular complexity index is 671. The van der Waals surface area contributed by atoms with Gasteiger partial charge in [-0.25, -0.2) is 0 Å². The van der Waals surface area contributed by atoms with Crippen molar-refractivity contribution in [2.75, 3.05) is 18.1 Å². The fourth-order valence-electron chi connectivity index (χ4n) is 2.18. The van der Waals surface area contributed by atoms with Gasteiger partial charge in [0.15, 0.2) is 0 Å². The van der Waals surface area contributed by atoms with E-state index < -0.39 is 42.4 Å². The fraction of sp³-hybridized carbons (Fsp3) is 0.444. The topological polar surface area (TPSA) is 159 Å². The normalized spacial score (nSPS) is 12.6. The molecule has 1 aromatic carbocycles. The molecule has 0 aromatic heterocycles. The van der Waals surface area contributed by atoms with Crippen LogP contribution in [0.15, 0.2) is 30.3 Å². The lowest BCUT2D eigenvalue weighted by Gasteiger charge is -2.18. The van der Waals surface area contributed by atoms with Crippen molar-refractivity contribution in [3.05, 3.63) is 35.9 Å². The average molecular weight is 411 g/mol. The predicted octanol–water partition coefficient (Wildman–Crippen LogP) is -0.160. The van der Waals surface area contributed by atoms with Crippen molar-refractivity contribution in [3.63, 3.8) is 0 Å². The standard InChI is InChI=1S/C18H25N3O6S/c19-13(18(26)27)6-7-15(22)21-14(17(25)20-10-16(23)24)11-28-9-8-12-4-2-1-3-5-12/h1-5,13-14H,6-11,19H2,(H,20,25)(H,21,22)(H,23,24)(H,26,27)/t13-,14?/m0/s1. The summed E-state index contributed by atoms with van der Waals surface area (Å²) in [5, 5.41) is 22.2. The van der Waals surface area contributed by atoms with Crippen LogP contribution >= 0.6 is 11.8 Å². The van der Waals surface area contributed by atoms with Gasteiger partial charge < -0.3 is 26.6 Å². The molecule has 0 saturated heterocycles. The van der Waals surface area contributed by atoms with Gasteiger partial charge in [-0.2, -0.15) is 11.8 Å². The Labute approximate surface area is 167 Å². The van der Waals surface area contributed by atoms with Crippen molar-refractivity contribution in [1.29, 1.82) is 0 Å². The first-order valence-electron chi connectivity index (χ1n) is 8.68. The third-order valence-electron chi connectivity index (χ3n) is 3.73. The molecule has 0 aliphatic carbocycles. The van der Waals surface area contributed by atoms with E-state index in [4.69, 9.17) is 15.9 Å². The molecule has 2 atom stereocenters. The summed E-state index contributed by atoms with van der Waals surface area (Å²) in [6.07, 6.45) is 0.576. The number of carbonyl (C=O) groups excluding carboxylic acids is 2. The van der Waals surface area contributed by atoms with Gasteiger partial charge in [-0.05, 0) is 24.2 Å². The summed E-state index contributed by atoms with van der Waals surface area (Å²) in [7, 11) is 0. The van der Waals surface area contributed by atoms with Crippen LogP contribution in [0.5, 0.6) is 0 Å². The molecule has 0 heterocycles. The Hall–Kier alpha value is -2.59. The maximum Gasteiger partial charge on any atom is 0.322 e. The summed E-state index contributed by atoms with van der Waals surface area (Å²) in [6.45, 7) is -0.552. The van der Waals surface area contributed by atoms with Crippen LogP contribution in [0.4, 0.5) is 0 Å². The Kier molecular flexibility index (Phi) is 10.7. The van der Waals surface area contributed by atoms with Crippen LogP contribution in [-0.4, -0.2) is 64.1 Å². The SMILES string of the molecule is N[C@@H](CCC(=O)NC(CSCCc1ccccc1)C(=O)NCC(=O)O)C(=O)O. The summed E-state index contributed by atoms with van der Waals surface area (Å²) in [5.74, 6) is -2.55. The number of nitrogens with two attached hydrogens (primary N) is 1. The number of benzene rings is 1. The molecule has 28 heavy (non-hydrogen) atoms. The Balaban J connectivity index is 2.52. The second-order valence-electron chi connectivity index (χ2n) is 6.03. The summed E-state index contributed by atoms with van der Waals surface area (Å²) in [5.41, 5.74) is 6.51. The zero-order valence-electron chi connectivity index (χ0n) is 15.3. The van der Waals surface area contributed by atoms with Gasteiger partial charge in [0.1, 0.15) is 18.6 Å². The van der Waals surface area contributed by atoms with Gasteiger partial charge in [-0.15, -0.1) is 0 Å². The van der Waals surface area contributed by atoms with Gasteiger partial charge in [0, 0.05) is 12.2 Å². The van der Waals surface area contributed by atoms with Crippen LogP contribution in [0, 0.1) is 0 Å². The highest BCUT2D eigenvalue weighted by Gasteiger charge is 2.22. The lowest BCUT2D eigenvalue weighted by atomic mass is 10.1. The minimum Gasteiger partial charge on any atom is -0.480 e. The van der Waals surface area contributed by atoms with Gasteiger partial charge in [-0.1, -0.05) is 30.3 Å². The highest BCUT2D eigenvalue weighted by Crippen LogP contribution is 2.09. The van der Waals surface area contributed by atoms with Crippen molar-refractivity contribution in [2.45, 2.75) is 31.3 Å². The molecule has 9 nitrogen and oxygen atoms in total. The lowest BCUT2D eigenvalue weighted by Crippen LogP contribution is -2.49. The van der Waals surface area contributed by atoms with Gasteiger partial charge in [0.25, 0.3) is 0 Å². The van der Waals surface area contributed by atoms with Crippen molar-refractivity contribution in [2.24, 2.45) is 5.73 Å². The molecule has 0 spiro atoms. The molecule has 154 valence electrons. The second-order valence-corrected chi connectivity index (χ2v) is 7.18. The maximum atomic E-state index is 12.2. The maximum absolute atomic E-state index is 12.2. The van der Waals surface area contributed by atoms with E-state index in [0.29, 0.717) is 5.75 Å². The van der Waals surface area contributed by atoms with E-state index in [-0.39, 0.29) is 18.6 Å². The van der Waals surface area contributed by atoms with E-state index in [2.05, 4.69) is 10.6 Å². The number of carboxylic acid groups (broad SMARTS) is 2. The van der Waals surface area contributed by atoms with E-state index in [0.717, 1.165) is 12.0 Å². The van der Waals surface area contributed by atoms with E-state index in [9.17, 15) is 19.2 Å². The number of carbonyl (C=O) groups is 4. The van der Waals surface area contributed by atoms with Crippen molar-refractivity contribution < 1.29 is 29.4 Å². The Morgan fingerprint density at radius 2 is 1.79 bits per heavy atom. The van der Waals surface area contributed by atoms with Gasteiger partial charge in [0.2, 0.25) is 11.8 Å². The molecule has 0 aliphatic heterocycles. The summed E-state index contributed by atoms with van der Waals surface area (Å²) >= 11 is 1.45. The molecule has 1 unspecified atom stereocenters. The Morgan fingerprint density at radius 3 is 2.39 bits per heavy atom. The number of aryl methyl sites for hydroxylation is 1. The molecule has 6 N–H and O–H groups in total. The third-order valence-corrected chi connectivity index (χ3v) is 4.79. The number of thioether (sulfide) groups is 1. The first kappa shape index (κ1) is 23.4. The van der Waals surface area contributed by atoms with Crippen LogP contribution in [0.3, 0.4) is 0 Å². The highest BCUT2D eigenvalue weighted by molar-refractivity contribution is 7.99. The zero-order valence-corrected chi connectivity index (χ0v) is 16.1. The fourth-order valence-corrected chi connectivity index (χ4v) is 3.20. The minimum absolute atomic E-state index is 0.0637. The quantitative estimate of drug-likeness (QED) is 0.280. The minimum atomic E-state index is -1.21. The van der Waals surface area contributed by atoms with E-state index in [1.165, 1.54) is 11.8 Å². The van der Waals surface area contributed by atoms with Crippen molar-refractivity contribution >= 4 is 35.5 Å². The summed E-state index contributed by atoms with van der Waals surface area (Å²) < 4.78 is 0. The number of nitrogens with one attached hydrogen (secondary N) is 2. The van der Waals surface area contributed by atoms with Crippen LogP contribution in [0.1, 0.15) is 18.4 Å². The predicted molar refractivity (Wildman–Crippen MR) is 105 cm³/mol. The summed E-state index contributed by atoms with van der Waals surface area (Å²) in [4.78, 5) is 45.5. The van der Waals surface area contributed by atoms with Crippen LogP contribution in [0.2, 0.25) is 0 Å². The van der Waals surface area contributed by atoms with Crippen LogP contribution < -0.4 is 16.4 Å². The number of hydrogen-bond donors (Lipinski definition) is 5. The molecule has 1 aromatic rings. The molecule has 0 bridgehead atoms. The smallest absolute Gasteiger partial charge is 0.322 e. The second kappa shape index (κ2) is 12.7. The molecule has 2 amide bonds. The number of carboxylic acids is 2. The molecule has 0 aliphatic rings. The van der Waals surface area contributed by atoms with Gasteiger partial charge in [-0.3, -0.25) is 19.2 Å². The zero-order chi connectivity index (χ0) is 20.9. The number of amides is 2. The van der Waals surface area contributed by atoms with Crippen molar-refractivity contribution in [1.82, 2.24) is 10.6 Å². The van der Waals surface area contributed by atoms with E-state index in [1.807, 2.05) is 30.3 Å². The molecule has 1 rings (SSSR count). The summed E-state index contributed by atoms with van der Waals surface area (Å²) in [6, 6.07) is 7.69. The molecular formula is C18H25N3O6S. The van der Waals surface area contributed by atoms with E-state index in [1.54, 1.807) is 0 Å². The van der Waals surface area contributed by atoms with Crippen molar-refractivity contribution in [3.8, 4) is 0 Å².